The Morgan fingerprint density at radius 1 is 0.921 bits per heavy atom. The van der Waals surface area contributed by atoms with Crippen molar-refractivity contribution < 1.29 is 14.3 Å². The van der Waals surface area contributed by atoms with E-state index < -0.39 is 5.60 Å². The van der Waals surface area contributed by atoms with Gasteiger partial charge in [0.15, 0.2) is 5.60 Å². The largest absolute Gasteiger partial charge is 0.493 e. The highest BCUT2D eigenvalue weighted by molar-refractivity contribution is 5.99. The minimum Gasteiger partial charge on any atom is -0.493 e. The Morgan fingerprint density at radius 3 is 2.32 bits per heavy atom. The van der Waals surface area contributed by atoms with Gasteiger partial charge < -0.3 is 23.8 Å². The lowest BCUT2D eigenvalue weighted by atomic mass is 9.77. The summed E-state index contributed by atoms with van der Waals surface area (Å²) < 4.78 is 15.1. The molecule has 0 saturated heterocycles. The van der Waals surface area contributed by atoms with Crippen LogP contribution in [-0.4, -0.2) is 44.3 Å². The fourth-order valence-electron chi connectivity index (χ4n) is 5.88. The van der Waals surface area contributed by atoms with Gasteiger partial charge in [-0.2, -0.15) is 0 Å². The van der Waals surface area contributed by atoms with Gasteiger partial charge in [0.25, 0.3) is 0 Å². The first kappa shape index (κ1) is 25.7. The normalized spacial score (nSPS) is 16.4. The predicted octanol–water partition coefficient (Wildman–Crippen LogP) is 6.26. The molecule has 0 amide bonds. The first-order valence-electron chi connectivity index (χ1n) is 13.4. The predicted molar refractivity (Wildman–Crippen MR) is 155 cm³/mol. The lowest BCUT2D eigenvalue weighted by Crippen LogP contribution is -2.32. The molecule has 1 aromatic heterocycles. The average molecular weight is 512 g/mol. The molecule has 1 unspecified atom stereocenters. The molecule has 198 valence electrons. The number of aryl methyl sites for hydroxylation is 1. The van der Waals surface area contributed by atoms with Gasteiger partial charge in [0, 0.05) is 85.0 Å². The monoisotopic (exact) mass is 511 g/mol. The summed E-state index contributed by atoms with van der Waals surface area (Å²) in [5.41, 5.74) is 6.26. The number of fused-ring (bicyclic) bond motifs is 2. The Balaban J connectivity index is 1.92. The fraction of sp³-hybridized carbons (Fsp3) is 0.344. The molecule has 0 spiro atoms. The van der Waals surface area contributed by atoms with E-state index in [1.807, 2.05) is 45.3 Å². The van der Waals surface area contributed by atoms with E-state index in [9.17, 15) is 4.79 Å². The van der Waals surface area contributed by atoms with Crippen molar-refractivity contribution in [2.45, 2.75) is 33.3 Å². The van der Waals surface area contributed by atoms with Crippen LogP contribution in [0.1, 0.15) is 53.5 Å². The molecule has 6 nitrogen and oxygen atoms in total. The first-order chi connectivity index (χ1) is 18.3. The van der Waals surface area contributed by atoms with Gasteiger partial charge >= 0.3 is 5.97 Å². The lowest BCUT2D eigenvalue weighted by Gasteiger charge is -2.33. The number of hydrogen-bond donors (Lipinski definition) is 0. The number of benzene rings is 3. The maximum absolute atomic E-state index is 13.6. The van der Waals surface area contributed by atoms with Crippen LogP contribution >= 0.6 is 0 Å². The van der Waals surface area contributed by atoms with E-state index in [1.54, 1.807) is 0 Å². The molecule has 0 aliphatic carbocycles. The van der Waals surface area contributed by atoms with E-state index in [-0.39, 0.29) is 5.97 Å². The third-order valence-corrected chi connectivity index (χ3v) is 7.89. The van der Waals surface area contributed by atoms with Crippen LogP contribution < -0.4 is 14.5 Å². The standard InChI is InChI=1S/C32H37N3O3/c1-8-35(9-2)23-16-18-26(29(20-23)37-10-3)32(30-21(4)34(7)28-14-12-11-13-25(28)30)27-19-22(33(5)6)15-17-24(27)31(36)38-32/h11-20H,8-10H2,1-7H3. The quantitative estimate of drug-likeness (QED) is 0.261. The number of cyclic esters (lactones) is 1. The smallest absolute Gasteiger partial charge is 0.340 e. The number of ether oxygens (including phenoxy) is 2. The molecule has 0 N–H and O–H groups in total. The van der Waals surface area contributed by atoms with Crippen LogP contribution in [0.15, 0.2) is 60.7 Å². The number of carbonyl (C=O) groups excluding carboxylic acids is 1. The van der Waals surface area contributed by atoms with Crippen molar-refractivity contribution in [1.29, 1.82) is 0 Å². The molecule has 0 bridgehead atoms. The van der Waals surface area contributed by atoms with Crippen molar-refractivity contribution in [2.24, 2.45) is 7.05 Å². The molecule has 0 radical (unpaired) electrons. The molecule has 1 atom stereocenters. The number of esters is 1. The van der Waals surface area contributed by atoms with Gasteiger partial charge in [-0.05, 0) is 64.1 Å². The topological polar surface area (TPSA) is 46.9 Å². The van der Waals surface area contributed by atoms with Gasteiger partial charge in [-0.25, -0.2) is 4.79 Å². The molecule has 3 aromatic carbocycles. The van der Waals surface area contributed by atoms with E-state index >= 15 is 0 Å². The first-order valence-corrected chi connectivity index (χ1v) is 13.4. The molecular formula is C32H37N3O3. The summed E-state index contributed by atoms with van der Waals surface area (Å²) in [6, 6.07) is 20.6. The van der Waals surface area contributed by atoms with E-state index in [0.717, 1.165) is 63.5 Å². The molecule has 1 aliphatic heterocycles. The third-order valence-electron chi connectivity index (χ3n) is 7.89. The minimum atomic E-state index is -1.17. The zero-order valence-corrected chi connectivity index (χ0v) is 23.5. The Morgan fingerprint density at radius 2 is 1.63 bits per heavy atom. The van der Waals surface area contributed by atoms with E-state index in [1.165, 1.54) is 0 Å². The summed E-state index contributed by atoms with van der Waals surface area (Å²) in [6.45, 7) is 10.7. The maximum atomic E-state index is 13.6. The molecule has 0 fully saturated rings. The average Bonchev–Trinajstić information content (AvgIpc) is 3.35. The van der Waals surface area contributed by atoms with Crippen molar-refractivity contribution in [3.8, 4) is 5.75 Å². The number of rotatable bonds is 8. The van der Waals surface area contributed by atoms with Crippen LogP contribution in [0.3, 0.4) is 0 Å². The second-order valence-electron chi connectivity index (χ2n) is 10.0. The van der Waals surface area contributed by atoms with Gasteiger partial charge in [-0.3, -0.25) is 0 Å². The molecule has 5 rings (SSSR count). The van der Waals surface area contributed by atoms with Crippen LogP contribution in [0.2, 0.25) is 0 Å². The van der Waals surface area contributed by atoms with Gasteiger partial charge in [0.05, 0.1) is 12.2 Å². The highest BCUT2D eigenvalue weighted by Crippen LogP contribution is 2.54. The van der Waals surface area contributed by atoms with Crippen LogP contribution in [-0.2, 0) is 17.4 Å². The fourth-order valence-corrected chi connectivity index (χ4v) is 5.88. The third kappa shape index (κ3) is 3.73. The number of hydrogen-bond acceptors (Lipinski definition) is 5. The number of nitrogens with zero attached hydrogens (tertiary/aromatic N) is 3. The lowest BCUT2D eigenvalue weighted by molar-refractivity contribution is 0.0246. The summed E-state index contributed by atoms with van der Waals surface area (Å²) in [4.78, 5) is 18.0. The summed E-state index contributed by atoms with van der Waals surface area (Å²) in [6.07, 6.45) is 0. The van der Waals surface area contributed by atoms with Crippen molar-refractivity contribution in [3.63, 3.8) is 0 Å². The molecule has 2 heterocycles. The van der Waals surface area contributed by atoms with E-state index in [4.69, 9.17) is 9.47 Å². The zero-order chi connectivity index (χ0) is 27.2. The molecule has 1 aliphatic rings. The zero-order valence-electron chi connectivity index (χ0n) is 23.5. The highest BCUT2D eigenvalue weighted by Gasteiger charge is 2.52. The Kier molecular flexibility index (Phi) is 6.59. The second kappa shape index (κ2) is 9.75. The second-order valence-corrected chi connectivity index (χ2v) is 10.0. The number of carbonyl (C=O) groups is 1. The highest BCUT2D eigenvalue weighted by atomic mass is 16.6. The molecule has 38 heavy (non-hydrogen) atoms. The van der Waals surface area contributed by atoms with Crippen LogP contribution in [0, 0.1) is 6.92 Å². The van der Waals surface area contributed by atoms with Gasteiger partial charge in [0.2, 0.25) is 0 Å². The van der Waals surface area contributed by atoms with E-state index in [0.29, 0.717) is 12.2 Å². The van der Waals surface area contributed by atoms with Crippen molar-refractivity contribution >= 4 is 28.2 Å². The molecule has 4 aromatic rings. The molecular weight excluding hydrogens is 474 g/mol. The Hall–Kier alpha value is -3.93. The van der Waals surface area contributed by atoms with Gasteiger partial charge in [0.1, 0.15) is 5.75 Å². The number of aromatic nitrogens is 1. The van der Waals surface area contributed by atoms with Crippen LogP contribution in [0.25, 0.3) is 10.9 Å². The van der Waals surface area contributed by atoms with E-state index in [2.05, 4.69) is 78.6 Å². The van der Waals surface area contributed by atoms with Crippen LogP contribution in [0.4, 0.5) is 11.4 Å². The Labute approximate surface area is 225 Å². The van der Waals surface area contributed by atoms with Gasteiger partial charge in [-0.1, -0.05) is 18.2 Å². The Bertz CT molecular complexity index is 1520. The molecule has 0 saturated carbocycles. The van der Waals surface area contributed by atoms with Crippen molar-refractivity contribution in [1.82, 2.24) is 4.57 Å². The van der Waals surface area contributed by atoms with Crippen LogP contribution in [0.5, 0.6) is 5.75 Å². The minimum absolute atomic E-state index is 0.326. The van der Waals surface area contributed by atoms with Crippen molar-refractivity contribution in [2.75, 3.05) is 43.6 Å². The van der Waals surface area contributed by atoms with Crippen molar-refractivity contribution in [3.05, 3.63) is 88.6 Å². The number of anilines is 2. The SMILES string of the molecule is CCOc1cc(N(CC)CC)ccc1C1(c2c(C)n(C)c3ccccc23)OC(=O)c2ccc(N(C)C)cc21. The maximum Gasteiger partial charge on any atom is 0.340 e. The van der Waals surface area contributed by atoms with Gasteiger partial charge in [-0.15, -0.1) is 0 Å². The summed E-state index contributed by atoms with van der Waals surface area (Å²) in [5, 5.41) is 1.05. The summed E-state index contributed by atoms with van der Waals surface area (Å²) >= 11 is 0. The number of para-hydroxylation sites is 1. The molecule has 6 heteroatoms. The summed E-state index contributed by atoms with van der Waals surface area (Å²) in [7, 11) is 6.08. The summed E-state index contributed by atoms with van der Waals surface area (Å²) in [5.74, 6) is 0.396.